The normalized spacial score (nSPS) is 10.3. The molecule has 3 nitrogen and oxygen atoms in total. The molecule has 1 rings (SSSR count). The molecule has 0 spiro atoms. The van der Waals surface area contributed by atoms with Crippen LogP contribution in [-0.2, 0) is 0 Å². The summed E-state index contributed by atoms with van der Waals surface area (Å²) >= 11 is 12.3. The lowest BCUT2D eigenvalue weighted by molar-refractivity contribution is 0.0694. The zero-order valence-electron chi connectivity index (χ0n) is 6.31. The summed E-state index contributed by atoms with van der Waals surface area (Å²) in [5.74, 6) is -1.15. The smallest absolute Gasteiger partial charge is 0.338 e. The SMILES string of the molecule is O=C(O)c1c(Br)c(Br)c(O)c(Br)c1Br. The fourth-order valence-corrected chi connectivity index (χ4v) is 3.24. The number of hydrogen-bond donors (Lipinski definition) is 2. The number of carboxylic acid groups (broad SMARTS) is 1. The van der Waals surface area contributed by atoms with Crippen LogP contribution in [0.5, 0.6) is 5.75 Å². The summed E-state index contributed by atoms with van der Waals surface area (Å²) in [5.41, 5.74) is 0.0431. The van der Waals surface area contributed by atoms with Crippen LogP contribution >= 0.6 is 63.7 Å². The number of benzene rings is 1. The number of rotatable bonds is 1. The number of phenolic OH excluding ortho intramolecular Hbond substituents is 1. The van der Waals surface area contributed by atoms with E-state index in [4.69, 9.17) is 5.11 Å². The van der Waals surface area contributed by atoms with Gasteiger partial charge in [0.2, 0.25) is 0 Å². The van der Waals surface area contributed by atoms with Crippen LogP contribution in [0.2, 0.25) is 0 Å². The molecule has 0 aromatic heterocycles. The van der Waals surface area contributed by atoms with Crippen LogP contribution in [0, 0.1) is 0 Å². The van der Waals surface area contributed by atoms with Crippen LogP contribution in [0.4, 0.5) is 0 Å². The minimum absolute atomic E-state index is 0.0431. The Morgan fingerprint density at radius 1 is 0.929 bits per heavy atom. The molecule has 0 fully saturated rings. The van der Waals surface area contributed by atoms with E-state index in [1.807, 2.05) is 0 Å². The van der Waals surface area contributed by atoms with Gasteiger partial charge in [-0.25, -0.2) is 4.79 Å². The summed E-state index contributed by atoms with van der Waals surface area (Å²) in [6.07, 6.45) is 0. The van der Waals surface area contributed by atoms with Gasteiger partial charge in [0.15, 0.2) is 0 Å². The van der Waals surface area contributed by atoms with Gasteiger partial charge in [-0.2, -0.15) is 0 Å². The quantitative estimate of drug-likeness (QED) is 0.629. The molecule has 0 saturated heterocycles. The lowest BCUT2D eigenvalue weighted by Crippen LogP contribution is -2.00. The fourth-order valence-electron chi connectivity index (χ4n) is 0.808. The average molecular weight is 454 g/mol. The van der Waals surface area contributed by atoms with Gasteiger partial charge in [-0.15, -0.1) is 0 Å². The fraction of sp³-hybridized carbons (Fsp3) is 0. The van der Waals surface area contributed by atoms with Crippen molar-refractivity contribution in [2.24, 2.45) is 0 Å². The molecule has 76 valence electrons. The molecule has 0 aliphatic heterocycles. The molecule has 14 heavy (non-hydrogen) atoms. The maximum absolute atomic E-state index is 10.9. The van der Waals surface area contributed by atoms with E-state index in [0.717, 1.165) is 0 Å². The first-order valence-electron chi connectivity index (χ1n) is 3.16. The van der Waals surface area contributed by atoms with Crippen molar-refractivity contribution in [1.82, 2.24) is 0 Å². The van der Waals surface area contributed by atoms with Gasteiger partial charge in [0.05, 0.1) is 23.5 Å². The van der Waals surface area contributed by atoms with Gasteiger partial charge in [-0.05, 0) is 63.7 Å². The van der Waals surface area contributed by atoms with E-state index in [1.54, 1.807) is 0 Å². The number of aromatic hydroxyl groups is 1. The lowest BCUT2D eigenvalue weighted by atomic mass is 10.2. The van der Waals surface area contributed by atoms with Crippen LogP contribution < -0.4 is 0 Å². The second-order valence-electron chi connectivity index (χ2n) is 2.28. The predicted octanol–water partition coefficient (Wildman–Crippen LogP) is 4.14. The molecule has 7 heteroatoms. The van der Waals surface area contributed by atoms with Gasteiger partial charge in [-0.3, -0.25) is 0 Å². The molecule has 1 aromatic carbocycles. The number of carboxylic acids is 1. The Labute approximate surface area is 113 Å². The summed E-state index contributed by atoms with van der Waals surface area (Å²) in [6.45, 7) is 0. The van der Waals surface area contributed by atoms with E-state index in [1.165, 1.54) is 0 Å². The van der Waals surface area contributed by atoms with E-state index >= 15 is 0 Å². The monoisotopic (exact) mass is 450 g/mol. The summed E-state index contributed by atoms with van der Waals surface area (Å²) in [4.78, 5) is 10.9. The topological polar surface area (TPSA) is 57.5 Å². The van der Waals surface area contributed by atoms with E-state index in [9.17, 15) is 9.90 Å². The highest BCUT2D eigenvalue weighted by molar-refractivity contribution is 9.14. The van der Waals surface area contributed by atoms with Crippen molar-refractivity contribution in [3.05, 3.63) is 23.5 Å². The third-order valence-electron chi connectivity index (χ3n) is 1.45. The number of hydrogen-bond acceptors (Lipinski definition) is 2. The molecule has 0 aliphatic carbocycles. The first-order valence-corrected chi connectivity index (χ1v) is 6.33. The van der Waals surface area contributed by atoms with Crippen molar-refractivity contribution in [3.8, 4) is 5.75 Å². The molecule has 0 atom stereocenters. The Morgan fingerprint density at radius 3 is 1.57 bits per heavy atom. The van der Waals surface area contributed by atoms with Crippen molar-refractivity contribution >= 4 is 69.7 Å². The number of phenols is 1. The van der Waals surface area contributed by atoms with Gasteiger partial charge in [0.25, 0.3) is 0 Å². The maximum atomic E-state index is 10.9. The molecule has 0 aliphatic rings. The zero-order valence-corrected chi connectivity index (χ0v) is 12.7. The van der Waals surface area contributed by atoms with E-state index in [-0.39, 0.29) is 20.3 Å². The van der Waals surface area contributed by atoms with Gasteiger partial charge < -0.3 is 10.2 Å². The zero-order chi connectivity index (χ0) is 11.0. The molecule has 0 unspecified atom stereocenters. The predicted molar refractivity (Wildman–Crippen MR) is 65.9 cm³/mol. The first-order chi connectivity index (χ1) is 6.37. The second-order valence-corrected chi connectivity index (χ2v) is 5.46. The van der Waals surface area contributed by atoms with Crippen LogP contribution in [-0.4, -0.2) is 16.2 Å². The minimum Gasteiger partial charge on any atom is -0.505 e. The summed E-state index contributed by atoms with van der Waals surface area (Å²) < 4.78 is 1.17. The Kier molecular flexibility index (Phi) is 4.02. The lowest BCUT2D eigenvalue weighted by Gasteiger charge is -2.09. The summed E-state index contributed by atoms with van der Waals surface area (Å²) in [6, 6.07) is 0. The highest BCUT2D eigenvalue weighted by atomic mass is 79.9. The van der Waals surface area contributed by atoms with Gasteiger partial charge in [0.1, 0.15) is 5.75 Å². The Bertz CT molecular complexity index is 387. The minimum atomic E-state index is -1.09. The first kappa shape index (κ1) is 12.5. The number of carbonyl (C=O) groups is 1. The van der Waals surface area contributed by atoms with E-state index in [2.05, 4.69) is 63.7 Å². The van der Waals surface area contributed by atoms with Crippen molar-refractivity contribution in [1.29, 1.82) is 0 Å². The molecule has 0 amide bonds. The molecule has 0 radical (unpaired) electrons. The van der Waals surface area contributed by atoms with Gasteiger partial charge in [-0.1, -0.05) is 0 Å². The third-order valence-corrected chi connectivity index (χ3v) is 5.65. The number of aromatic carboxylic acids is 1. The van der Waals surface area contributed by atoms with Gasteiger partial charge in [0, 0.05) is 0 Å². The molecular weight excluding hydrogens is 452 g/mol. The summed E-state index contributed by atoms with van der Waals surface area (Å²) in [5, 5.41) is 18.4. The number of halogens is 4. The maximum Gasteiger partial charge on any atom is 0.338 e. The van der Waals surface area contributed by atoms with Gasteiger partial charge >= 0.3 is 5.97 Å². The van der Waals surface area contributed by atoms with Crippen molar-refractivity contribution in [2.75, 3.05) is 0 Å². The van der Waals surface area contributed by atoms with E-state index < -0.39 is 5.97 Å². The van der Waals surface area contributed by atoms with Crippen LogP contribution in [0.3, 0.4) is 0 Å². The van der Waals surface area contributed by atoms with Crippen LogP contribution in [0.25, 0.3) is 0 Å². The summed E-state index contributed by atoms with van der Waals surface area (Å²) in [7, 11) is 0. The standard InChI is InChI=1S/C7H2Br4O3/c8-2-1(7(13)14)3(9)5(11)6(12)4(2)10/h12H,(H,13,14). The molecule has 2 N–H and O–H groups in total. The van der Waals surface area contributed by atoms with Crippen molar-refractivity contribution in [3.63, 3.8) is 0 Å². The molecule has 0 saturated carbocycles. The van der Waals surface area contributed by atoms with Crippen molar-refractivity contribution < 1.29 is 15.0 Å². The van der Waals surface area contributed by atoms with E-state index in [0.29, 0.717) is 8.95 Å². The Morgan fingerprint density at radius 2 is 1.29 bits per heavy atom. The molecule has 0 bridgehead atoms. The highest BCUT2D eigenvalue weighted by Gasteiger charge is 2.22. The van der Waals surface area contributed by atoms with Crippen molar-refractivity contribution in [2.45, 2.75) is 0 Å². The highest BCUT2D eigenvalue weighted by Crippen LogP contribution is 2.45. The third kappa shape index (κ3) is 2.00. The van der Waals surface area contributed by atoms with Crippen LogP contribution in [0.15, 0.2) is 17.9 Å². The average Bonchev–Trinajstić information content (AvgIpc) is 2.11. The Balaban J connectivity index is 3.68. The second kappa shape index (κ2) is 4.51. The molecule has 1 aromatic rings. The largest absolute Gasteiger partial charge is 0.505 e. The molecule has 0 heterocycles. The molecular formula is C7H2Br4O3. The van der Waals surface area contributed by atoms with Crippen LogP contribution in [0.1, 0.15) is 10.4 Å². The Hall–Kier alpha value is 0.410.